The number of aromatic nitrogens is 1. The first-order valence-electron chi connectivity index (χ1n) is 6.55. The minimum absolute atomic E-state index is 0.0471. The first-order valence-corrected chi connectivity index (χ1v) is 6.55. The van der Waals surface area contributed by atoms with Crippen LogP contribution in [0.1, 0.15) is 30.8 Å². The molecule has 1 N–H and O–H groups in total. The van der Waals surface area contributed by atoms with Gasteiger partial charge in [-0.05, 0) is 30.4 Å². The van der Waals surface area contributed by atoms with E-state index in [4.69, 9.17) is 0 Å². The lowest BCUT2D eigenvalue weighted by atomic mass is 9.88. The molecule has 2 heterocycles. The SMILES string of the molecule is CNc1ccnc(C(=O)N2CCC(C)C(C)C2)c1. The van der Waals surface area contributed by atoms with Crippen LogP contribution in [0.5, 0.6) is 0 Å². The predicted molar refractivity (Wildman–Crippen MR) is 72.6 cm³/mol. The van der Waals surface area contributed by atoms with Gasteiger partial charge >= 0.3 is 0 Å². The van der Waals surface area contributed by atoms with Crippen LogP contribution in [0.3, 0.4) is 0 Å². The fourth-order valence-corrected chi connectivity index (χ4v) is 2.31. The quantitative estimate of drug-likeness (QED) is 0.871. The maximum Gasteiger partial charge on any atom is 0.272 e. The lowest BCUT2D eigenvalue weighted by Gasteiger charge is -2.35. The lowest BCUT2D eigenvalue weighted by molar-refractivity contribution is 0.0621. The highest BCUT2D eigenvalue weighted by Crippen LogP contribution is 2.23. The van der Waals surface area contributed by atoms with Crippen LogP contribution in [0.15, 0.2) is 18.3 Å². The van der Waals surface area contributed by atoms with Crippen LogP contribution < -0.4 is 5.32 Å². The fraction of sp³-hybridized carbons (Fsp3) is 0.571. The Labute approximate surface area is 108 Å². The largest absolute Gasteiger partial charge is 0.388 e. The van der Waals surface area contributed by atoms with Crippen molar-refractivity contribution in [2.45, 2.75) is 20.3 Å². The Morgan fingerprint density at radius 2 is 2.22 bits per heavy atom. The van der Waals surface area contributed by atoms with Gasteiger partial charge in [-0.15, -0.1) is 0 Å². The van der Waals surface area contributed by atoms with Gasteiger partial charge in [0.05, 0.1) is 0 Å². The Balaban J connectivity index is 2.11. The molecule has 98 valence electrons. The molecule has 1 fully saturated rings. The van der Waals surface area contributed by atoms with Crippen molar-refractivity contribution in [2.24, 2.45) is 11.8 Å². The molecule has 1 saturated heterocycles. The maximum atomic E-state index is 12.4. The van der Waals surface area contributed by atoms with Gasteiger partial charge in [-0.3, -0.25) is 9.78 Å². The topological polar surface area (TPSA) is 45.2 Å². The van der Waals surface area contributed by atoms with Gasteiger partial charge in [0.2, 0.25) is 0 Å². The molecule has 0 saturated carbocycles. The lowest BCUT2D eigenvalue weighted by Crippen LogP contribution is -2.42. The van der Waals surface area contributed by atoms with E-state index in [1.54, 1.807) is 6.20 Å². The number of carbonyl (C=O) groups excluding carboxylic acids is 1. The highest BCUT2D eigenvalue weighted by atomic mass is 16.2. The standard InChI is InChI=1S/C14H21N3O/c1-10-5-7-17(9-11(10)2)14(18)13-8-12(15-3)4-6-16-13/h4,6,8,10-11H,5,7,9H2,1-3H3,(H,15,16). The van der Waals surface area contributed by atoms with E-state index in [9.17, 15) is 4.79 Å². The molecule has 0 spiro atoms. The van der Waals surface area contributed by atoms with E-state index in [1.807, 2.05) is 24.1 Å². The van der Waals surface area contributed by atoms with Crippen LogP contribution in [0, 0.1) is 11.8 Å². The minimum atomic E-state index is 0.0471. The van der Waals surface area contributed by atoms with E-state index in [1.165, 1.54) is 0 Å². The van der Waals surface area contributed by atoms with Crippen molar-refractivity contribution in [3.05, 3.63) is 24.0 Å². The van der Waals surface area contributed by atoms with Crippen LogP contribution >= 0.6 is 0 Å². The van der Waals surface area contributed by atoms with Gasteiger partial charge in [-0.2, -0.15) is 0 Å². The van der Waals surface area contributed by atoms with Gasteiger partial charge < -0.3 is 10.2 Å². The van der Waals surface area contributed by atoms with Crippen molar-refractivity contribution in [1.82, 2.24) is 9.88 Å². The average Bonchev–Trinajstić information content (AvgIpc) is 2.41. The summed E-state index contributed by atoms with van der Waals surface area (Å²) in [7, 11) is 1.84. The summed E-state index contributed by atoms with van der Waals surface area (Å²) in [5.74, 6) is 1.31. The Bertz CT molecular complexity index is 433. The maximum absolute atomic E-state index is 12.4. The number of amides is 1. The highest BCUT2D eigenvalue weighted by Gasteiger charge is 2.27. The number of rotatable bonds is 2. The van der Waals surface area contributed by atoms with Crippen molar-refractivity contribution in [3.63, 3.8) is 0 Å². The zero-order valence-electron chi connectivity index (χ0n) is 11.3. The van der Waals surface area contributed by atoms with E-state index in [0.29, 0.717) is 17.5 Å². The third-order valence-electron chi connectivity index (χ3n) is 3.89. The fourth-order valence-electron chi connectivity index (χ4n) is 2.31. The number of piperidine rings is 1. The first-order chi connectivity index (χ1) is 8.61. The molecule has 2 unspecified atom stereocenters. The predicted octanol–water partition coefficient (Wildman–Crippen LogP) is 2.24. The molecule has 4 nitrogen and oxygen atoms in total. The van der Waals surface area contributed by atoms with E-state index < -0.39 is 0 Å². The Morgan fingerprint density at radius 3 is 2.89 bits per heavy atom. The summed E-state index contributed by atoms with van der Waals surface area (Å²) in [5, 5.41) is 3.03. The summed E-state index contributed by atoms with van der Waals surface area (Å²) in [6.07, 6.45) is 2.76. The number of hydrogen-bond donors (Lipinski definition) is 1. The summed E-state index contributed by atoms with van der Waals surface area (Å²) < 4.78 is 0. The molecule has 18 heavy (non-hydrogen) atoms. The van der Waals surface area contributed by atoms with E-state index in [-0.39, 0.29) is 5.91 Å². The number of hydrogen-bond acceptors (Lipinski definition) is 3. The highest BCUT2D eigenvalue weighted by molar-refractivity contribution is 5.93. The number of likely N-dealkylation sites (tertiary alicyclic amines) is 1. The average molecular weight is 247 g/mol. The van der Waals surface area contributed by atoms with Crippen LogP contribution in [0.4, 0.5) is 5.69 Å². The number of carbonyl (C=O) groups is 1. The summed E-state index contributed by atoms with van der Waals surface area (Å²) in [6, 6.07) is 3.67. The Kier molecular flexibility index (Phi) is 3.84. The monoisotopic (exact) mass is 247 g/mol. The molecular weight excluding hydrogens is 226 g/mol. The van der Waals surface area contributed by atoms with Gasteiger partial charge in [-0.1, -0.05) is 13.8 Å². The zero-order valence-corrected chi connectivity index (χ0v) is 11.3. The number of nitrogens with zero attached hydrogens (tertiary/aromatic N) is 2. The molecule has 1 aromatic rings. The molecule has 2 rings (SSSR count). The third-order valence-corrected chi connectivity index (χ3v) is 3.89. The van der Waals surface area contributed by atoms with Gasteiger partial charge in [0, 0.05) is 32.0 Å². The second-order valence-electron chi connectivity index (χ2n) is 5.17. The summed E-state index contributed by atoms with van der Waals surface area (Å²) in [4.78, 5) is 18.5. The molecule has 1 aromatic heterocycles. The smallest absolute Gasteiger partial charge is 0.272 e. The number of anilines is 1. The zero-order chi connectivity index (χ0) is 13.1. The molecule has 0 aliphatic carbocycles. The molecule has 2 atom stereocenters. The van der Waals surface area contributed by atoms with Gasteiger partial charge in [-0.25, -0.2) is 0 Å². The van der Waals surface area contributed by atoms with Crippen molar-refractivity contribution >= 4 is 11.6 Å². The van der Waals surface area contributed by atoms with Crippen LogP contribution in [0.25, 0.3) is 0 Å². The molecule has 1 amide bonds. The normalized spacial score (nSPS) is 23.8. The van der Waals surface area contributed by atoms with Gasteiger partial charge in [0.15, 0.2) is 0 Å². The summed E-state index contributed by atoms with van der Waals surface area (Å²) in [5.41, 5.74) is 1.45. The number of nitrogens with one attached hydrogen (secondary N) is 1. The van der Waals surface area contributed by atoms with Crippen LogP contribution in [0.2, 0.25) is 0 Å². The van der Waals surface area contributed by atoms with Crippen molar-refractivity contribution in [2.75, 3.05) is 25.5 Å². The first kappa shape index (κ1) is 12.9. The molecular formula is C14H21N3O. The number of pyridine rings is 1. The molecule has 0 radical (unpaired) electrons. The Morgan fingerprint density at radius 1 is 1.44 bits per heavy atom. The van der Waals surface area contributed by atoms with Crippen LogP contribution in [-0.2, 0) is 0 Å². The van der Waals surface area contributed by atoms with Crippen molar-refractivity contribution in [1.29, 1.82) is 0 Å². The summed E-state index contributed by atoms with van der Waals surface area (Å²) in [6.45, 7) is 6.15. The van der Waals surface area contributed by atoms with E-state index in [2.05, 4.69) is 24.1 Å². The minimum Gasteiger partial charge on any atom is -0.388 e. The van der Waals surface area contributed by atoms with E-state index >= 15 is 0 Å². The second-order valence-corrected chi connectivity index (χ2v) is 5.17. The molecule has 0 bridgehead atoms. The molecule has 1 aliphatic rings. The summed E-state index contributed by atoms with van der Waals surface area (Å²) >= 11 is 0. The van der Waals surface area contributed by atoms with Crippen LogP contribution in [-0.4, -0.2) is 35.9 Å². The van der Waals surface area contributed by atoms with E-state index in [0.717, 1.165) is 25.2 Å². The van der Waals surface area contributed by atoms with Crippen molar-refractivity contribution in [3.8, 4) is 0 Å². The van der Waals surface area contributed by atoms with Gasteiger partial charge in [0.25, 0.3) is 5.91 Å². The third kappa shape index (κ3) is 2.63. The molecule has 0 aromatic carbocycles. The second kappa shape index (κ2) is 5.38. The van der Waals surface area contributed by atoms with Gasteiger partial charge in [0.1, 0.15) is 5.69 Å². The molecule has 4 heteroatoms. The molecule has 1 aliphatic heterocycles. The Hall–Kier alpha value is -1.58. The van der Waals surface area contributed by atoms with Crippen molar-refractivity contribution < 1.29 is 4.79 Å².